The molecule has 1 aliphatic rings. The molecule has 2 amide bonds. The summed E-state index contributed by atoms with van der Waals surface area (Å²) in [6.07, 6.45) is 1.80. The Morgan fingerprint density at radius 1 is 1.43 bits per heavy atom. The molecule has 1 aromatic carbocycles. The summed E-state index contributed by atoms with van der Waals surface area (Å²) < 4.78 is 14.7. The van der Waals surface area contributed by atoms with Gasteiger partial charge in [0, 0.05) is 32.8 Å². The number of hydrogen-bond acceptors (Lipinski definition) is 3. The third-order valence-corrected chi connectivity index (χ3v) is 3.87. The lowest BCUT2D eigenvalue weighted by molar-refractivity contribution is -0.128. The summed E-state index contributed by atoms with van der Waals surface area (Å²) in [6.45, 7) is 0.758. The van der Waals surface area contributed by atoms with Crippen LogP contribution in [0, 0.1) is 5.82 Å². The van der Waals surface area contributed by atoms with Gasteiger partial charge in [-0.2, -0.15) is 5.10 Å². The predicted octanol–water partition coefficient (Wildman–Crippen LogP) is 1.09. The second-order valence-corrected chi connectivity index (χ2v) is 5.62. The molecule has 120 valence electrons. The highest BCUT2D eigenvalue weighted by molar-refractivity contribution is 5.93. The first-order chi connectivity index (χ1) is 11.0. The Morgan fingerprint density at radius 2 is 2.26 bits per heavy atom. The van der Waals surface area contributed by atoms with Crippen LogP contribution in [-0.2, 0) is 18.4 Å². The van der Waals surface area contributed by atoms with E-state index in [2.05, 4.69) is 10.4 Å². The van der Waals surface area contributed by atoms with E-state index in [0.717, 1.165) is 5.56 Å². The molecule has 1 saturated heterocycles. The first kappa shape index (κ1) is 15.2. The molecule has 0 spiro atoms. The SMILES string of the molecule is Cn1nccc1C(=O)N[C@H]1CC(=O)N(Cc2cccc(F)c2)C1. The highest BCUT2D eigenvalue weighted by Gasteiger charge is 2.31. The van der Waals surface area contributed by atoms with E-state index in [-0.39, 0.29) is 30.1 Å². The summed E-state index contributed by atoms with van der Waals surface area (Å²) >= 11 is 0. The van der Waals surface area contributed by atoms with Gasteiger partial charge >= 0.3 is 0 Å². The molecule has 0 bridgehead atoms. The quantitative estimate of drug-likeness (QED) is 0.918. The maximum Gasteiger partial charge on any atom is 0.269 e. The van der Waals surface area contributed by atoms with Crippen molar-refractivity contribution in [2.24, 2.45) is 7.05 Å². The molecule has 1 atom stereocenters. The highest BCUT2D eigenvalue weighted by Crippen LogP contribution is 2.16. The zero-order chi connectivity index (χ0) is 16.4. The van der Waals surface area contributed by atoms with Crippen molar-refractivity contribution in [3.8, 4) is 0 Å². The molecule has 0 aliphatic carbocycles. The van der Waals surface area contributed by atoms with Crippen LogP contribution in [-0.4, -0.2) is 39.1 Å². The number of carbonyl (C=O) groups excluding carboxylic acids is 2. The van der Waals surface area contributed by atoms with Crippen LogP contribution in [0.4, 0.5) is 4.39 Å². The minimum absolute atomic E-state index is 0.0513. The average molecular weight is 316 g/mol. The summed E-state index contributed by atoms with van der Waals surface area (Å²) in [5.41, 5.74) is 1.18. The van der Waals surface area contributed by atoms with Crippen molar-refractivity contribution in [3.63, 3.8) is 0 Å². The van der Waals surface area contributed by atoms with Crippen molar-refractivity contribution < 1.29 is 14.0 Å². The maximum absolute atomic E-state index is 13.2. The summed E-state index contributed by atoms with van der Waals surface area (Å²) in [6, 6.07) is 7.54. The third kappa shape index (κ3) is 3.39. The van der Waals surface area contributed by atoms with Gasteiger partial charge < -0.3 is 10.2 Å². The standard InChI is InChI=1S/C16H17FN4O2/c1-20-14(5-6-18-20)16(23)19-13-8-15(22)21(10-13)9-11-3-2-4-12(17)7-11/h2-7,13H,8-10H2,1H3,(H,19,23)/t13-/m0/s1. The Hall–Kier alpha value is -2.70. The Bertz CT molecular complexity index is 743. The molecule has 0 radical (unpaired) electrons. The fourth-order valence-electron chi connectivity index (χ4n) is 2.73. The topological polar surface area (TPSA) is 67.2 Å². The molecule has 1 aliphatic heterocycles. The van der Waals surface area contributed by atoms with Gasteiger partial charge in [-0.05, 0) is 23.8 Å². The second kappa shape index (κ2) is 6.20. The lowest BCUT2D eigenvalue weighted by Gasteiger charge is -2.17. The van der Waals surface area contributed by atoms with Crippen LogP contribution in [0.3, 0.4) is 0 Å². The van der Waals surface area contributed by atoms with E-state index in [0.29, 0.717) is 18.8 Å². The molecule has 1 N–H and O–H groups in total. The zero-order valence-electron chi connectivity index (χ0n) is 12.7. The van der Waals surface area contributed by atoms with E-state index < -0.39 is 0 Å². The van der Waals surface area contributed by atoms with Crippen LogP contribution in [0.2, 0.25) is 0 Å². The predicted molar refractivity (Wildman–Crippen MR) is 80.9 cm³/mol. The molecule has 23 heavy (non-hydrogen) atoms. The van der Waals surface area contributed by atoms with Crippen molar-refractivity contribution in [2.45, 2.75) is 19.0 Å². The molecular formula is C16H17FN4O2. The zero-order valence-corrected chi connectivity index (χ0v) is 12.7. The van der Waals surface area contributed by atoms with E-state index in [1.807, 2.05) is 0 Å². The molecule has 6 nitrogen and oxygen atoms in total. The Labute approximate surface area is 132 Å². The number of nitrogens with zero attached hydrogens (tertiary/aromatic N) is 3. The Balaban J connectivity index is 1.61. The van der Waals surface area contributed by atoms with Gasteiger partial charge in [0.25, 0.3) is 5.91 Å². The average Bonchev–Trinajstić information content (AvgIpc) is 3.05. The highest BCUT2D eigenvalue weighted by atomic mass is 19.1. The van der Waals surface area contributed by atoms with Gasteiger partial charge in [0.1, 0.15) is 11.5 Å². The summed E-state index contributed by atoms with van der Waals surface area (Å²) in [5, 5.41) is 6.79. The molecule has 2 aromatic rings. The number of aryl methyl sites for hydroxylation is 1. The largest absolute Gasteiger partial charge is 0.346 e. The second-order valence-electron chi connectivity index (χ2n) is 5.62. The molecule has 0 unspecified atom stereocenters. The van der Waals surface area contributed by atoms with E-state index in [4.69, 9.17) is 0 Å². The molecule has 3 rings (SSSR count). The first-order valence-electron chi connectivity index (χ1n) is 7.34. The van der Waals surface area contributed by atoms with E-state index in [9.17, 15) is 14.0 Å². The van der Waals surface area contributed by atoms with Crippen LogP contribution in [0.1, 0.15) is 22.5 Å². The third-order valence-electron chi connectivity index (χ3n) is 3.87. The fourth-order valence-corrected chi connectivity index (χ4v) is 2.73. The number of aromatic nitrogens is 2. The van der Waals surface area contributed by atoms with Gasteiger partial charge in [-0.1, -0.05) is 12.1 Å². The fraction of sp³-hybridized carbons (Fsp3) is 0.312. The minimum atomic E-state index is -0.324. The van der Waals surface area contributed by atoms with Crippen LogP contribution < -0.4 is 5.32 Å². The number of amides is 2. The van der Waals surface area contributed by atoms with Gasteiger partial charge in [-0.15, -0.1) is 0 Å². The van der Waals surface area contributed by atoms with Crippen LogP contribution in [0.15, 0.2) is 36.5 Å². The Kier molecular flexibility index (Phi) is 4.10. The number of rotatable bonds is 4. The minimum Gasteiger partial charge on any atom is -0.346 e. The molecule has 1 fully saturated rings. The van der Waals surface area contributed by atoms with E-state index >= 15 is 0 Å². The van der Waals surface area contributed by atoms with Crippen LogP contribution in [0.5, 0.6) is 0 Å². The van der Waals surface area contributed by atoms with E-state index in [1.165, 1.54) is 16.8 Å². The van der Waals surface area contributed by atoms with Gasteiger partial charge in [0.2, 0.25) is 5.91 Å². The molecular weight excluding hydrogens is 299 g/mol. The van der Waals surface area contributed by atoms with Crippen LogP contribution >= 0.6 is 0 Å². The lowest BCUT2D eigenvalue weighted by Crippen LogP contribution is -2.37. The molecule has 0 saturated carbocycles. The molecule has 7 heteroatoms. The summed E-state index contributed by atoms with van der Waals surface area (Å²) in [7, 11) is 1.69. The number of likely N-dealkylation sites (tertiary alicyclic amines) is 1. The van der Waals surface area contributed by atoms with Crippen molar-refractivity contribution >= 4 is 11.8 Å². The number of benzene rings is 1. The lowest BCUT2D eigenvalue weighted by atomic mass is 10.2. The molecule has 1 aromatic heterocycles. The van der Waals surface area contributed by atoms with Crippen molar-refractivity contribution in [3.05, 3.63) is 53.6 Å². The Morgan fingerprint density at radius 3 is 2.96 bits per heavy atom. The summed E-state index contributed by atoms with van der Waals surface area (Å²) in [4.78, 5) is 25.8. The van der Waals surface area contributed by atoms with Crippen LogP contribution in [0.25, 0.3) is 0 Å². The van der Waals surface area contributed by atoms with Crippen molar-refractivity contribution in [2.75, 3.05) is 6.54 Å². The van der Waals surface area contributed by atoms with Gasteiger partial charge in [0.05, 0.1) is 6.04 Å². The maximum atomic E-state index is 13.2. The summed E-state index contributed by atoms with van der Waals surface area (Å²) in [5.74, 6) is -0.629. The smallest absolute Gasteiger partial charge is 0.269 e. The number of halogens is 1. The van der Waals surface area contributed by atoms with Gasteiger partial charge in [0.15, 0.2) is 0 Å². The first-order valence-corrected chi connectivity index (χ1v) is 7.34. The number of nitrogens with one attached hydrogen (secondary N) is 1. The number of hydrogen-bond donors (Lipinski definition) is 1. The molecule has 2 heterocycles. The van der Waals surface area contributed by atoms with Gasteiger partial charge in [-0.3, -0.25) is 14.3 Å². The normalized spacial score (nSPS) is 17.6. The number of carbonyl (C=O) groups is 2. The monoisotopic (exact) mass is 316 g/mol. The van der Waals surface area contributed by atoms with Crippen molar-refractivity contribution in [1.29, 1.82) is 0 Å². The van der Waals surface area contributed by atoms with E-state index in [1.54, 1.807) is 36.3 Å². The van der Waals surface area contributed by atoms with Gasteiger partial charge in [-0.25, -0.2) is 4.39 Å². The van der Waals surface area contributed by atoms with Crippen molar-refractivity contribution in [1.82, 2.24) is 20.0 Å².